The Kier molecular flexibility index (Phi) is 16.5. The lowest BCUT2D eigenvalue weighted by Crippen LogP contribution is -2.29. The van der Waals surface area contributed by atoms with Gasteiger partial charge in [0, 0.05) is 6.61 Å². The van der Waals surface area contributed by atoms with Crippen LogP contribution < -0.4 is 0 Å². The normalized spacial score (nSPS) is 15.3. The predicted molar refractivity (Wildman–Crippen MR) is 191 cm³/mol. The summed E-state index contributed by atoms with van der Waals surface area (Å²) in [5, 5.41) is 0. The van der Waals surface area contributed by atoms with Crippen molar-refractivity contribution < 1.29 is 50.5 Å². The lowest BCUT2D eigenvalue weighted by Gasteiger charge is -2.25. The summed E-state index contributed by atoms with van der Waals surface area (Å²) in [6, 6.07) is 37.1. The summed E-state index contributed by atoms with van der Waals surface area (Å²) in [5.41, 5.74) is 3.15. The average molecular weight is 741 g/mol. The van der Waals surface area contributed by atoms with Gasteiger partial charge >= 0.3 is 15.6 Å². The minimum Gasteiger partial charge on any atom is -0.371 e. The molecule has 0 saturated carbocycles. The van der Waals surface area contributed by atoms with E-state index in [0.29, 0.717) is 6.61 Å². The zero-order valence-electron chi connectivity index (χ0n) is 28.6. The molecule has 0 aliphatic carbocycles. The van der Waals surface area contributed by atoms with Crippen molar-refractivity contribution in [3.63, 3.8) is 0 Å². The Morgan fingerprint density at radius 2 is 0.922 bits per heavy atom. The largest absolute Gasteiger partial charge is 0.475 e. The molecule has 274 valence electrons. The van der Waals surface area contributed by atoms with E-state index >= 15 is 0 Å². The van der Waals surface area contributed by atoms with Crippen LogP contribution in [-0.2, 0) is 76.9 Å². The fourth-order valence-electron chi connectivity index (χ4n) is 4.87. The second-order valence-electron chi connectivity index (χ2n) is 11.7. The van der Waals surface area contributed by atoms with Crippen LogP contribution in [0.3, 0.4) is 0 Å². The molecule has 1 aliphatic heterocycles. The third-order valence-electron chi connectivity index (χ3n) is 7.64. The summed E-state index contributed by atoms with van der Waals surface area (Å²) in [6.07, 6.45) is 1.63. The van der Waals surface area contributed by atoms with E-state index < -0.39 is 21.7 Å². The van der Waals surface area contributed by atoms with Gasteiger partial charge in [-0.3, -0.25) is 27.1 Å². The average Bonchev–Trinajstić information content (AvgIpc) is 3.19. The smallest absolute Gasteiger partial charge is 0.371 e. The van der Waals surface area contributed by atoms with Crippen LogP contribution in [0.4, 0.5) is 0 Å². The van der Waals surface area contributed by atoms with Gasteiger partial charge in [-0.2, -0.15) is 0 Å². The van der Waals surface area contributed by atoms with E-state index in [1.54, 1.807) is 0 Å². The molecule has 1 saturated heterocycles. The van der Waals surface area contributed by atoms with Gasteiger partial charge in [-0.1, -0.05) is 121 Å². The number of ether oxygens (including phenoxy) is 3. The fraction of sp³-hybridized carbons (Fsp3) is 0.368. The van der Waals surface area contributed by atoms with Gasteiger partial charge in [-0.25, -0.2) is 9.13 Å². The molecule has 1 aliphatic rings. The SMILES string of the molecule is O=P(OCc1ccccc1)(OCc1ccccc1)OCC(COP(=O)(OCc1ccccc1)OCc1ccccc1)OCCOC1CCCCO1. The van der Waals surface area contributed by atoms with Gasteiger partial charge in [0.15, 0.2) is 6.29 Å². The highest BCUT2D eigenvalue weighted by molar-refractivity contribution is 7.48. The van der Waals surface area contributed by atoms with Crippen LogP contribution >= 0.6 is 15.6 Å². The minimum absolute atomic E-state index is 0.0139. The molecular weight excluding hydrogens is 694 g/mol. The molecular formula is C38H46O11P2. The Balaban J connectivity index is 1.26. The van der Waals surface area contributed by atoms with Gasteiger partial charge in [0.25, 0.3) is 0 Å². The van der Waals surface area contributed by atoms with Crippen molar-refractivity contribution in [2.75, 3.05) is 33.0 Å². The van der Waals surface area contributed by atoms with Crippen LogP contribution in [0.5, 0.6) is 0 Å². The Morgan fingerprint density at radius 1 is 0.529 bits per heavy atom. The third kappa shape index (κ3) is 14.9. The van der Waals surface area contributed by atoms with E-state index in [-0.39, 0.29) is 59.1 Å². The number of phosphoric acid groups is 2. The van der Waals surface area contributed by atoms with Crippen LogP contribution in [0.1, 0.15) is 41.5 Å². The molecule has 1 heterocycles. The maximum Gasteiger partial charge on any atom is 0.475 e. The molecule has 0 radical (unpaired) electrons. The summed E-state index contributed by atoms with van der Waals surface area (Å²) in [4.78, 5) is 0. The van der Waals surface area contributed by atoms with Crippen molar-refractivity contribution in [3.05, 3.63) is 144 Å². The molecule has 11 nitrogen and oxygen atoms in total. The van der Waals surface area contributed by atoms with Crippen molar-refractivity contribution in [3.8, 4) is 0 Å². The highest BCUT2D eigenvalue weighted by atomic mass is 31.2. The highest BCUT2D eigenvalue weighted by Crippen LogP contribution is 2.53. The topological polar surface area (TPSA) is 117 Å². The van der Waals surface area contributed by atoms with Crippen molar-refractivity contribution in [2.45, 2.75) is 58.1 Å². The lowest BCUT2D eigenvalue weighted by atomic mass is 10.2. The van der Waals surface area contributed by atoms with E-state index in [1.165, 1.54) is 0 Å². The van der Waals surface area contributed by atoms with Crippen LogP contribution in [-0.4, -0.2) is 45.4 Å². The van der Waals surface area contributed by atoms with E-state index in [1.807, 2.05) is 121 Å². The van der Waals surface area contributed by atoms with Gasteiger partial charge in [0.1, 0.15) is 6.10 Å². The minimum atomic E-state index is -4.15. The third-order valence-corrected chi connectivity index (χ3v) is 10.4. The maximum absolute atomic E-state index is 14.0. The van der Waals surface area contributed by atoms with Gasteiger partial charge in [0.05, 0.1) is 52.9 Å². The summed E-state index contributed by atoms with van der Waals surface area (Å²) in [6.45, 7) is 0.354. The fourth-order valence-corrected chi connectivity index (χ4v) is 7.24. The quantitative estimate of drug-likeness (QED) is 0.0536. The molecule has 5 rings (SSSR count). The Hall–Kier alpha value is -3.02. The van der Waals surface area contributed by atoms with Gasteiger partial charge in [-0.05, 0) is 41.5 Å². The molecule has 1 unspecified atom stereocenters. The maximum atomic E-state index is 14.0. The van der Waals surface area contributed by atoms with Gasteiger partial charge < -0.3 is 14.2 Å². The van der Waals surface area contributed by atoms with Crippen LogP contribution in [0.15, 0.2) is 121 Å². The number of phosphoric ester groups is 2. The molecule has 51 heavy (non-hydrogen) atoms. The van der Waals surface area contributed by atoms with E-state index in [9.17, 15) is 9.13 Å². The number of hydrogen-bond acceptors (Lipinski definition) is 11. The van der Waals surface area contributed by atoms with Crippen molar-refractivity contribution in [1.82, 2.24) is 0 Å². The standard InChI is InChI=1S/C38H46O11P2/c39-50(44-27-33-15-5-1-6-16-33,45-28-34-17-7-2-8-18-34)48-31-37(41-25-26-43-38-23-13-14-24-42-38)32-49-51(40,46-29-35-19-9-3-10-20-35)47-30-36-21-11-4-12-22-36/h1-12,15-22,37-38H,13-14,23-32H2. The first-order valence-corrected chi connectivity index (χ1v) is 20.0. The molecule has 1 atom stereocenters. The van der Waals surface area contributed by atoms with Crippen LogP contribution in [0.2, 0.25) is 0 Å². The highest BCUT2D eigenvalue weighted by Gasteiger charge is 2.32. The first kappa shape index (κ1) is 39.2. The Labute approximate surface area is 300 Å². The zero-order valence-corrected chi connectivity index (χ0v) is 30.4. The zero-order chi connectivity index (χ0) is 35.5. The molecule has 0 bridgehead atoms. The molecule has 13 heteroatoms. The van der Waals surface area contributed by atoms with Crippen LogP contribution in [0, 0.1) is 0 Å². The van der Waals surface area contributed by atoms with E-state index in [4.69, 9.17) is 41.4 Å². The molecule has 0 aromatic heterocycles. The monoisotopic (exact) mass is 740 g/mol. The van der Waals surface area contributed by atoms with E-state index in [0.717, 1.165) is 41.5 Å². The summed E-state index contributed by atoms with van der Waals surface area (Å²) >= 11 is 0. The second kappa shape index (κ2) is 21.5. The van der Waals surface area contributed by atoms with Crippen molar-refractivity contribution >= 4 is 15.6 Å². The summed E-state index contributed by atoms with van der Waals surface area (Å²) in [5.74, 6) is 0. The van der Waals surface area contributed by atoms with E-state index in [2.05, 4.69) is 0 Å². The van der Waals surface area contributed by atoms with Gasteiger partial charge in [0.2, 0.25) is 0 Å². The number of rotatable bonds is 23. The van der Waals surface area contributed by atoms with Crippen molar-refractivity contribution in [2.24, 2.45) is 0 Å². The summed E-state index contributed by atoms with van der Waals surface area (Å²) < 4.78 is 80.5. The molecule has 4 aromatic carbocycles. The number of hydrogen-bond donors (Lipinski definition) is 0. The molecule has 0 N–H and O–H groups in total. The first-order chi connectivity index (χ1) is 25.0. The lowest BCUT2D eigenvalue weighted by molar-refractivity contribution is -0.173. The van der Waals surface area contributed by atoms with Crippen LogP contribution in [0.25, 0.3) is 0 Å². The molecule has 0 amide bonds. The second-order valence-corrected chi connectivity index (χ2v) is 15.0. The number of benzene rings is 4. The van der Waals surface area contributed by atoms with Crippen molar-refractivity contribution in [1.29, 1.82) is 0 Å². The Bertz CT molecular complexity index is 1400. The molecule has 1 fully saturated rings. The molecule has 0 spiro atoms. The predicted octanol–water partition coefficient (Wildman–Crippen LogP) is 9.03. The first-order valence-electron chi connectivity index (χ1n) is 17.0. The van der Waals surface area contributed by atoms with Gasteiger partial charge in [-0.15, -0.1) is 0 Å². The Morgan fingerprint density at radius 3 is 1.27 bits per heavy atom. The molecule has 4 aromatic rings. The summed E-state index contributed by atoms with van der Waals surface area (Å²) in [7, 11) is -8.31.